The van der Waals surface area contributed by atoms with E-state index >= 15 is 0 Å². The first kappa shape index (κ1) is 18.6. The zero-order chi connectivity index (χ0) is 18.6. The topological polar surface area (TPSA) is 110 Å². The van der Waals surface area contributed by atoms with Crippen LogP contribution in [-0.4, -0.2) is 46.8 Å². The van der Waals surface area contributed by atoms with E-state index in [1.807, 2.05) is 13.8 Å². The molecule has 0 aliphatic carbocycles. The molecule has 0 radical (unpaired) electrons. The summed E-state index contributed by atoms with van der Waals surface area (Å²) < 4.78 is 0. The van der Waals surface area contributed by atoms with E-state index in [0.717, 1.165) is 18.9 Å². The van der Waals surface area contributed by atoms with Gasteiger partial charge in [0, 0.05) is 32.2 Å². The minimum atomic E-state index is -0.653. The van der Waals surface area contributed by atoms with Gasteiger partial charge >= 0.3 is 0 Å². The molecule has 0 N–H and O–H groups in total. The summed E-state index contributed by atoms with van der Waals surface area (Å²) in [5.41, 5.74) is -0.291. The molecule has 0 saturated carbocycles. The van der Waals surface area contributed by atoms with Crippen molar-refractivity contribution in [2.45, 2.75) is 26.7 Å². The molecule has 1 aromatic rings. The van der Waals surface area contributed by atoms with Crippen LogP contribution in [0.15, 0.2) is 18.2 Å². The third-order valence-corrected chi connectivity index (χ3v) is 4.55. The lowest BCUT2D eigenvalue weighted by atomic mass is 9.95. The summed E-state index contributed by atoms with van der Waals surface area (Å²) in [7, 11) is 0. The van der Waals surface area contributed by atoms with Gasteiger partial charge in [0.15, 0.2) is 0 Å². The molecule has 1 aliphatic heterocycles. The van der Waals surface area contributed by atoms with Crippen molar-refractivity contribution >= 4 is 23.0 Å². The van der Waals surface area contributed by atoms with Crippen LogP contribution in [0.3, 0.4) is 0 Å². The van der Waals surface area contributed by atoms with Gasteiger partial charge in [-0.2, -0.15) is 0 Å². The number of non-ortho nitro benzene ring substituents is 1. The van der Waals surface area contributed by atoms with Gasteiger partial charge in [-0.05, 0) is 32.8 Å². The van der Waals surface area contributed by atoms with E-state index in [1.165, 1.54) is 12.1 Å². The lowest BCUT2D eigenvalue weighted by Crippen LogP contribution is -2.45. The minimum Gasteiger partial charge on any atom is -0.365 e. The van der Waals surface area contributed by atoms with Crippen molar-refractivity contribution in [3.8, 4) is 0 Å². The van der Waals surface area contributed by atoms with Gasteiger partial charge in [-0.1, -0.05) is 0 Å². The van der Waals surface area contributed by atoms with Crippen LogP contribution in [0.5, 0.6) is 0 Å². The van der Waals surface area contributed by atoms with Crippen LogP contribution in [0.25, 0.3) is 0 Å². The highest BCUT2D eigenvalue weighted by atomic mass is 16.6. The van der Waals surface area contributed by atoms with Crippen LogP contribution in [0.2, 0.25) is 0 Å². The lowest BCUT2D eigenvalue weighted by molar-refractivity contribution is -0.393. The first-order valence-electron chi connectivity index (χ1n) is 8.35. The quantitative estimate of drug-likeness (QED) is 0.576. The maximum atomic E-state index is 12.6. The number of amides is 1. The fraction of sp³-hybridized carbons (Fsp3) is 0.562. The zero-order valence-electron chi connectivity index (χ0n) is 14.4. The molecule has 0 bridgehead atoms. The van der Waals surface area contributed by atoms with E-state index in [-0.39, 0.29) is 23.2 Å². The van der Waals surface area contributed by atoms with E-state index in [4.69, 9.17) is 0 Å². The van der Waals surface area contributed by atoms with Crippen molar-refractivity contribution in [2.75, 3.05) is 31.1 Å². The lowest BCUT2D eigenvalue weighted by Gasteiger charge is -2.35. The smallest absolute Gasteiger partial charge is 0.299 e. The Labute approximate surface area is 145 Å². The number of hydrogen-bond acceptors (Lipinski definition) is 6. The summed E-state index contributed by atoms with van der Waals surface area (Å²) in [5, 5.41) is 22.2. The number of carbonyl (C=O) groups excluding carboxylic acids is 1. The molecule has 0 unspecified atom stereocenters. The Hall–Kier alpha value is -2.71. The predicted molar refractivity (Wildman–Crippen MR) is 92.6 cm³/mol. The molecule has 9 heteroatoms. The van der Waals surface area contributed by atoms with Gasteiger partial charge in [0.05, 0.1) is 21.8 Å². The molecular formula is C16H22N4O5. The largest absolute Gasteiger partial charge is 0.365 e. The molecule has 1 fully saturated rings. The number of hydrogen-bond donors (Lipinski definition) is 0. The van der Waals surface area contributed by atoms with Crippen LogP contribution in [0, 0.1) is 26.1 Å². The van der Waals surface area contributed by atoms with Crippen molar-refractivity contribution < 1.29 is 14.6 Å². The third-order valence-electron chi connectivity index (χ3n) is 4.55. The van der Waals surface area contributed by atoms with Crippen LogP contribution < -0.4 is 4.90 Å². The Balaban J connectivity index is 2.27. The Morgan fingerprint density at radius 1 is 1.24 bits per heavy atom. The fourth-order valence-corrected chi connectivity index (χ4v) is 3.23. The molecule has 1 atom stereocenters. The average Bonchev–Trinajstić information content (AvgIpc) is 2.62. The second kappa shape index (κ2) is 7.91. The Morgan fingerprint density at radius 2 is 1.92 bits per heavy atom. The molecule has 1 saturated heterocycles. The van der Waals surface area contributed by atoms with Crippen LogP contribution in [0.1, 0.15) is 26.7 Å². The summed E-state index contributed by atoms with van der Waals surface area (Å²) >= 11 is 0. The molecule has 2 rings (SSSR count). The van der Waals surface area contributed by atoms with Gasteiger partial charge < -0.3 is 9.80 Å². The number of anilines is 1. The average molecular weight is 350 g/mol. The molecule has 1 heterocycles. The second-order valence-electron chi connectivity index (χ2n) is 5.98. The number of benzene rings is 1. The van der Waals surface area contributed by atoms with Crippen molar-refractivity contribution in [1.29, 1.82) is 0 Å². The van der Waals surface area contributed by atoms with E-state index in [0.29, 0.717) is 31.9 Å². The standard InChI is InChI=1S/C16H22N4O5/c1-3-17(4-2)16(21)12-6-5-9-18(11-12)14-8-7-13(19(22)23)10-15(14)20(24)25/h7-8,10,12H,3-6,9,11H2,1-2H3/t12-/m1/s1. The first-order chi connectivity index (χ1) is 11.9. The van der Waals surface area contributed by atoms with Crippen LogP contribution in [-0.2, 0) is 4.79 Å². The second-order valence-corrected chi connectivity index (χ2v) is 5.98. The van der Waals surface area contributed by atoms with Crippen molar-refractivity contribution in [3.05, 3.63) is 38.4 Å². The molecule has 25 heavy (non-hydrogen) atoms. The van der Waals surface area contributed by atoms with E-state index in [9.17, 15) is 25.0 Å². The molecule has 9 nitrogen and oxygen atoms in total. The summed E-state index contributed by atoms with van der Waals surface area (Å²) in [5.74, 6) is -0.164. The van der Waals surface area contributed by atoms with Crippen molar-refractivity contribution in [3.63, 3.8) is 0 Å². The first-order valence-corrected chi connectivity index (χ1v) is 8.35. The van der Waals surface area contributed by atoms with Crippen molar-refractivity contribution in [1.82, 2.24) is 4.90 Å². The SMILES string of the molecule is CCN(CC)C(=O)[C@@H]1CCCN(c2ccc([N+](=O)[O-])cc2[N+](=O)[O-])C1. The maximum Gasteiger partial charge on any atom is 0.299 e. The molecule has 1 aromatic carbocycles. The van der Waals surface area contributed by atoms with Crippen molar-refractivity contribution in [2.24, 2.45) is 5.92 Å². The summed E-state index contributed by atoms with van der Waals surface area (Å²) in [6.07, 6.45) is 1.48. The van der Waals surface area contributed by atoms with Crippen LogP contribution in [0.4, 0.5) is 17.1 Å². The Kier molecular flexibility index (Phi) is 5.89. The van der Waals surface area contributed by atoms with Gasteiger partial charge in [-0.25, -0.2) is 0 Å². The summed E-state index contributed by atoms with van der Waals surface area (Å²) in [6, 6.07) is 3.64. The van der Waals surface area contributed by atoms with E-state index in [1.54, 1.807) is 9.80 Å². The number of nitrogens with zero attached hydrogens (tertiary/aromatic N) is 4. The highest BCUT2D eigenvalue weighted by Gasteiger charge is 2.31. The van der Waals surface area contributed by atoms with Gasteiger partial charge in [-0.15, -0.1) is 0 Å². The minimum absolute atomic E-state index is 0.0549. The van der Waals surface area contributed by atoms with Gasteiger partial charge in [0.1, 0.15) is 5.69 Å². The van der Waals surface area contributed by atoms with Gasteiger partial charge in [0.25, 0.3) is 11.4 Å². The fourth-order valence-electron chi connectivity index (χ4n) is 3.23. The third kappa shape index (κ3) is 4.04. The summed E-state index contributed by atoms with van der Waals surface area (Å²) in [4.78, 5) is 37.1. The molecule has 1 aliphatic rings. The number of rotatable bonds is 6. The number of nitro groups is 2. The molecule has 136 valence electrons. The molecule has 0 aromatic heterocycles. The van der Waals surface area contributed by atoms with Gasteiger partial charge in [-0.3, -0.25) is 25.0 Å². The molecular weight excluding hydrogens is 328 g/mol. The van der Waals surface area contributed by atoms with E-state index < -0.39 is 9.85 Å². The monoisotopic (exact) mass is 350 g/mol. The zero-order valence-corrected chi connectivity index (χ0v) is 14.4. The number of carbonyl (C=O) groups is 1. The van der Waals surface area contributed by atoms with Crippen LogP contribution >= 0.6 is 0 Å². The predicted octanol–water partition coefficient (Wildman–Crippen LogP) is 2.59. The number of piperidine rings is 1. The Bertz CT molecular complexity index is 674. The Morgan fingerprint density at radius 3 is 2.48 bits per heavy atom. The molecule has 1 amide bonds. The number of nitro benzene ring substituents is 2. The van der Waals surface area contributed by atoms with E-state index in [2.05, 4.69) is 0 Å². The summed E-state index contributed by atoms with van der Waals surface area (Å²) in [6.45, 7) is 6.06. The highest BCUT2D eigenvalue weighted by Crippen LogP contribution is 2.34. The molecule has 0 spiro atoms. The highest BCUT2D eigenvalue weighted by molar-refractivity contribution is 5.80. The maximum absolute atomic E-state index is 12.6. The van der Waals surface area contributed by atoms with Gasteiger partial charge in [0.2, 0.25) is 5.91 Å². The normalized spacial score (nSPS) is 17.2.